The Hall–Kier alpha value is -3.52. The van der Waals surface area contributed by atoms with E-state index in [0.717, 1.165) is 23.3 Å². The highest BCUT2D eigenvalue weighted by atomic mass is 16.5. The number of fused-ring (bicyclic) bond motifs is 1. The van der Waals surface area contributed by atoms with Crippen molar-refractivity contribution in [1.82, 2.24) is 10.2 Å². The van der Waals surface area contributed by atoms with E-state index in [9.17, 15) is 19.2 Å². The van der Waals surface area contributed by atoms with Gasteiger partial charge >= 0.3 is 5.97 Å². The van der Waals surface area contributed by atoms with E-state index >= 15 is 0 Å². The first-order chi connectivity index (χ1) is 15.4. The van der Waals surface area contributed by atoms with Gasteiger partial charge in [-0.2, -0.15) is 0 Å². The number of hydrogen-bond acceptors (Lipinski definition) is 6. The van der Waals surface area contributed by atoms with Crippen molar-refractivity contribution in [2.45, 2.75) is 31.9 Å². The van der Waals surface area contributed by atoms with Gasteiger partial charge in [0, 0.05) is 6.61 Å². The summed E-state index contributed by atoms with van der Waals surface area (Å²) in [5, 5.41) is 2.76. The fourth-order valence-electron chi connectivity index (χ4n) is 3.90. The normalized spacial score (nSPS) is 18.4. The third-order valence-electron chi connectivity index (χ3n) is 5.63. The van der Waals surface area contributed by atoms with Crippen LogP contribution in [0.5, 0.6) is 0 Å². The van der Waals surface area contributed by atoms with Gasteiger partial charge in [-0.05, 0) is 43.5 Å². The van der Waals surface area contributed by atoms with Gasteiger partial charge < -0.3 is 14.8 Å². The number of ether oxygens (including phenoxy) is 2. The predicted molar refractivity (Wildman–Crippen MR) is 114 cm³/mol. The SMILES string of the molecule is C[C@H](NC(=O)COC(=O)c1ccc2c(c1)C(=O)N(C[C@H]1CCCO1)C2=O)c1ccccc1. The molecule has 8 nitrogen and oxygen atoms in total. The van der Waals surface area contributed by atoms with Crippen LogP contribution < -0.4 is 5.32 Å². The fourth-order valence-corrected chi connectivity index (χ4v) is 3.90. The molecule has 0 saturated carbocycles. The molecule has 8 heteroatoms. The second-order valence-electron chi connectivity index (χ2n) is 7.89. The molecule has 0 aliphatic carbocycles. The molecular formula is C24H24N2O6. The largest absolute Gasteiger partial charge is 0.452 e. The fraction of sp³-hybridized carbons (Fsp3) is 0.333. The minimum Gasteiger partial charge on any atom is -0.452 e. The van der Waals surface area contributed by atoms with Crippen molar-refractivity contribution in [3.8, 4) is 0 Å². The standard InChI is InChI=1S/C24H24N2O6/c1-15(16-6-3-2-4-7-16)25-21(27)14-32-24(30)17-9-10-19-20(12-17)23(29)26(22(19)28)13-18-8-5-11-31-18/h2-4,6-7,9-10,12,15,18H,5,8,11,13-14H2,1H3,(H,25,27)/t15-,18+/m0/s1. The monoisotopic (exact) mass is 436 g/mol. The van der Waals surface area contributed by atoms with Gasteiger partial charge in [-0.25, -0.2) is 4.79 Å². The molecule has 0 unspecified atom stereocenters. The summed E-state index contributed by atoms with van der Waals surface area (Å²) < 4.78 is 10.6. The Kier molecular flexibility index (Phi) is 6.32. The average molecular weight is 436 g/mol. The lowest BCUT2D eigenvalue weighted by Crippen LogP contribution is -2.36. The summed E-state index contributed by atoms with van der Waals surface area (Å²) in [4.78, 5) is 51.0. The van der Waals surface area contributed by atoms with Crippen molar-refractivity contribution >= 4 is 23.7 Å². The first kappa shape index (κ1) is 21.7. The van der Waals surface area contributed by atoms with Crippen molar-refractivity contribution in [2.75, 3.05) is 19.8 Å². The van der Waals surface area contributed by atoms with Crippen molar-refractivity contribution in [3.63, 3.8) is 0 Å². The van der Waals surface area contributed by atoms with E-state index in [1.165, 1.54) is 18.2 Å². The molecular weight excluding hydrogens is 412 g/mol. The Bertz CT molecular complexity index is 1050. The molecule has 0 spiro atoms. The lowest BCUT2D eigenvalue weighted by molar-refractivity contribution is -0.124. The summed E-state index contributed by atoms with van der Waals surface area (Å²) in [6.07, 6.45) is 1.55. The van der Waals surface area contributed by atoms with E-state index in [-0.39, 0.29) is 35.4 Å². The molecule has 1 saturated heterocycles. The summed E-state index contributed by atoms with van der Waals surface area (Å²) in [6, 6.07) is 13.4. The van der Waals surface area contributed by atoms with E-state index in [2.05, 4.69) is 5.32 Å². The predicted octanol–water partition coefficient (Wildman–Crippen LogP) is 2.50. The zero-order chi connectivity index (χ0) is 22.7. The van der Waals surface area contributed by atoms with Gasteiger partial charge in [-0.1, -0.05) is 30.3 Å². The first-order valence-corrected chi connectivity index (χ1v) is 10.6. The third kappa shape index (κ3) is 4.55. The van der Waals surface area contributed by atoms with E-state index in [1.54, 1.807) is 0 Å². The molecule has 2 aliphatic rings. The van der Waals surface area contributed by atoms with E-state index in [0.29, 0.717) is 6.61 Å². The number of carbonyl (C=O) groups is 4. The molecule has 2 aromatic rings. The summed E-state index contributed by atoms with van der Waals surface area (Å²) >= 11 is 0. The van der Waals surface area contributed by atoms with Gasteiger partial charge in [-0.15, -0.1) is 0 Å². The van der Waals surface area contributed by atoms with Gasteiger partial charge in [0.15, 0.2) is 6.61 Å². The van der Waals surface area contributed by atoms with Gasteiger partial charge in [0.05, 0.1) is 35.4 Å². The number of nitrogens with zero attached hydrogens (tertiary/aromatic N) is 1. The minimum atomic E-state index is -0.742. The number of imide groups is 1. The van der Waals surface area contributed by atoms with Crippen LogP contribution in [0.3, 0.4) is 0 Å². The Labute approximate surface area is 185 Å². The van der Waals surface area contributed by atoms with Crippen molar-refractivity contribution < 1.29 is 28.7 Å². The third-order valence-corrected chi connectivity index (χ3v) is 5.63. The molecule has 1 fully saturated rings. The van der Waals surface area contributed by atoms with Crippen LogP contribution in [0, 0.1) is 0 Å². The lowest BCUT2D eigenvalue weighted by Gasteiger charge is -2.17. The molecule has 4 rings (SSSR count). The number of amides is 3. The Morgan fingerprint density at radius 1 is 1.12 bits per heavy atom. The zero-order valence-electron chi connectivity index (χ0n) is 17.7. The Balaban J connectivity index is 1.35. The maximum absolute atomic E-state index is 12.7. The Morgan fingerprint density at radius 3 is 2.59 bits per heavy atom. The van der Waals surface area contributed by atoms with Crippen LogP contribution >= 0.6 is 0 Å². The number of esters is 1. The van der Waals surface area contributed by atoms with Crippen molar-refractivity contribution in [3.05, 3.63) is 70.8 Å². The second-order valence-corrected chi connectivity index (χ2v) is 7.89. The number of hydrogen-bond donors (Lipinski definition) is 1. The van der Waals surface area contributed by atoms with Crippen molar-refractivity contribution in [2.24, 2.45) is 0 Å². The molecule has 166 valence electrons. The quantitative estimate of drug-likeness (QED) is 0.529. The summed E-state index contributed by atoms with van der Waals surface area (Å²) in [5.41, 5.74) is 1.44. The number of rotatable bonds is 7. The second kappa shape index (κ2) is 9.32. The first-order valence-electron chi connectivity index (χ1n) is 10.6. The maximum Gasteiger partial charge on any atom is 0.338 e. The average Bonchev–Trinajstić information content (AvgIpc) is 3.41. The minimum absolute atomic E-state index is 0.104. The van der Waals surface area contributed by atoms with E-state index in [1.807, 2.05) is 37.3 Å². The van der Waals surface area contributed by atoms with E-state index < -0.39 is 30.3 Å². The van der Waals surface area contributed by atoms with Gasteiger partial charge in [0.25, 0.3) is 17.7 Å². The van der Waals surface area contributed by atoms with Crippen LogP contribution in [0.15, 0.2) is 48.5 Å². The van der Waals surface area contributed by atoms with Crippen LogP contribution in [-0.2, 0) is 14.3 Å². The smallest absolute Gasteiger partial charge is 0.338 e. The van der Waals surface area contributed by atoms with Crippen LogP contribution in [0.25, 0.3) is 0 Å². The van der Waals surface area contributed by atoms with Crippen LogP contribution in [0.4, 0.5) is 0 Å². The molecule has 0 bridgehead atoms. The molecule has 2 aromatic carbocycles. The molecule has 32 heavy (non-hydrogen) atoms. The highest BCUT2D eigenvalue weighted by Gasteiger charge is 2.38. The highest BCUT2D eigenvalue weighted by molar-refractivity contribution is 6.22. The number of carbonyl (C=O) groups excluding carboxylic acids is 4. The van der Waals surface area contributed by atoms with Crippen molar-refractivity contribution in [1.29, 1.82) is 0 Å². The number of benzene rings is 2. The highest BCUT2D eigenvalue weighted by Crippen LogP contribution is 2.26. The maximum atomic E-state index is 12.7. The van der Waals surface area contributed by atoms with E-state index in [4.69, 9.17) is 9.47 Å². The van der Waals surface area contributed by atoms with Gasteiger partial charge in [0.2, 0.25) is 0 Å². The number of nitrogens with one attached hydrogen (secondary N) is 1. The molecule has 2 aliphatic heterocycles. The van der Waals surface area contributed by atoms with Crippen LogP contribution in [-0.4, -0.2) is 54.5 Å². The summed E-state index contributed by atoms with van der Waals surface area (Å²) in [5.74, 6) is -2.03. The zero-order valence-corrected chi connectivity index (χ0v) is 17.7. The molecule has 3 amide bonds. The molecule has 0 radical (unpaired) electrons. The molecule has 0 aromatic heterocycles. The van der Waals surface area contributed by atoms with Crippen LogP contribution in [0.2, 0.25) is 0 Å². The van der Waals surface area contributed by atoms with Gasteiger partial charge in [-0.3, -0.25) is 19.3 Å². The Morgan fingerprint density at radius 2 is 1.88 bits per heavy atom. The van der Waals surface area contributed by atoms with Crippen LogP contribution in [0.1, 0.15) is 62.4 Å². The summed E-state index contributed by atoms with van der Waals surface area (Å²) in [7, 11) is 0. The lowest BCUT2D eigenvalue weighted by atomic mass is 10.1. The molecule has 2 heterocycles. The van der Waals surface area contributed by atoms with Gasteiger partial charge in [0.1, 0.15) is 0 Å². The summed E-state index contributed by atoms with van der Waals surface area (Å²) in [6.45, 7) is 2.21. The molecule has 2 atom stereocenters. The topological polar surface area (TPSA) is 102 Å². The molecule has 1 N–H and O–H groups in total.